The number of carbonyl (C=O) groups excluding carboxylic acids is 1. The van der Waals surface area contributed by atoms with Crippen LogP contribution in [0.15, 0.2) is 54.0 Å². The number of hydrogen-bond acceptors (Lipinski definition) is 5. The Kier molecular flexibility index (Phi) is 6.99. The predicted molar refractivity (Wildman–Crippen MR) is 122 cm³/mol. The summed E-state index contributed by atoms with van der Waals surface area (Å²) in [6, 6.07) is 14.2. The molecule has 1 aliphatic heterocycles. The van der Waals surface area contributed by atoms with E-state index in [1.807, 2.05) is 58.0 Å². The summed E-state index contributed by atoms with van der Waals surface area (Å²) in [4.78, 5) is 12.2. The number of phenolic OH excluding ortho intramolecular Hbond substituents is 1. The van der Waals surface area contributed by atoms with Gasteiger partial charge in [0.05, 0.1) is 11.2 Å². The first-order valence-electron chi connectivity index (χ1n) is 10.1. The van der Waals surface area contributed by atoms with Crippen LogP contribution in [0.1, 0.15) is 38.8 Å². The lowest BCUT2D eigenvalue weighted by atomic mass is 9.77. The Balaban J connectivity index is 1.74. The summed E-state index contributed by atoms with van der Waals surface area (Å²) in [6.07, 6.45) is 1.23. The van der Waals surface area contributed by atoms with Crippen LogP contribution in [0.5, 0.6) is 5.75 Å². The molecule has 0 spiro atoms. The number of nitrogens with one attached hydrogen (secondary N) is 1. The highest BCUT2D eigenvalue weighted by molar-refractivity contribution is 6.56. The number of rotatable bonds is 6. The Morgan fingerprint density at radius 2 is 1.77 bits per heavy atom. The summed E-state index contributed by atoms with van der Waals surface area (Å²) in [5, 5.41) is 13.0. The second-order valence-corrected chi connectivity index (χ2v) is 8.90. The Morgan fingerprint density at radius 1 is 1.13 bits per heavy atom. The highest BCUT2D eigenvalue weighted by atomic mass is 35.5. The molecule has 164 valence electrons. The van der Waals surface area contributed by atoms with Crippen molar-refractivity contribution in [2.75, 3.05) is 6.54 Å². The Morgan fingerprint density at radius 3 is 2.39 bits per heavy atom. The van der Waals surface area contributed by atoms with Crippen LogP contribution in [-0.4, -0.2) is 36.1 Å². The summed E-state index contributed by atoms with van der Waals surface area (Å²) in [6.45, 7) is 8.13. The normalized spacial score (nSPS) is 17.5. The largest absolute Gasteiger partial charge is 0.508 e. The van der Waals surface area contributed by atoms with Crippen LogP contribution < -0.4 is 5.32 Å². The molecule has 2 N–H and O–H groups in total. The van der Waals surface area contributed by atoms with Crippen LogP contribution >= 0.6 is 11.6 Å². The van der Waals surface area contributed by atoms with E-state index in [0.717, 1.165) is 5.56 Å². The van der Waals surface area contributed by atoms with E-state index in [1.165, 1.54) is 6.07 Å². The van der Waals surface area contributed by atoms with Crippen molar-refractivity contribution in [2.24, 2.45) is 0 Å². The van der Waals surface area contributed by atoms with Crippen molar-refractivity contribution in [3.8, 4) is 5.75 Å². The van der Waals surface area contributed by atoms with Crippen LogP contribution in [0.3, 0.4) is 0 Å². The van der Waals surface area contributed by atoms with Gasteiger partial charge in [-0.1, -0.05) is 48.0 Å². The molecule has 0 aliphatic carbocycles. The van der Waals surface area contributed by atoms with E-state index in [9.17, 15) is 9.90 Å². The van der Waals surface area contributed by atoms with Crippen molar-refractivity contribution in [3.05, 3.63) is 70.2 Å². The quantitative estimate of drug-likeness (QED) is 0.615. The molecule has 1 fully saturated rings. The third kappa shape index (κ3) is 6.03. The van der Waals surface area contributed by atoms with Crippen molar-refractivity contribution in [3.63, 3.8) is 0 Å². The minimum Gasteiger partial charge on any atom is -0.508 e. The lowest BCUT2D eigenvalue weighted by molar-refractivity contribution is 0.00578. The van der Waals surface area contributed by atoms with E-state index in [4.69, 9.17) is 25.6 Å². The zero-order chi connectivity index (χ0) is 22.6. The van der Waals surface area contributed by atoms with Gasteiger partial charge in [-0.15, -0.1) is 0 Å². The standard InChI is InChI=1S/C23H27BClNO5/c1-22(2)23(3,4)31-24(30-22)18(10-17-11-19(25)13-20(27)12-17)14-26-21(28)29-15-16-8-6-5-7-9-16/h5-13,27H,14-15H2,1-4H3,(H,26,28). The van der Waals surface area contributed by atoms with Gasteiger partial charge in [0.1, 0.15) is 12.4 Å². The molecule has 2 aromatic carbocycles. The lowest BCUT2D eigenvalue weighted by Gasteiger charge is -2.32. The molecule has 0 bridgehead atoms. The van der Waals surface area contributed by atoms with Gasteiger partial charge in [-0.05, 0) is 62.5 Å². The average Bonchev–Trinajstić information content (AvgIpc) is 2.90. The maximum absolute atomic E-state index is 12.2. The van der Waals surface area contributed by atoms with Crippen LogP contribution in [0.2, 0.25) is 5.02 Å². The zero-order valence-corrected chi connectivity index (χ0v) is 18.9. The fourth-order valence-electron chi connectivity index (χ4n) is 3.04. The average molecular weight is 444 g/mol. The molecule has 0 atom stereocenters. The Bertz CT molecular complexity index is 925. The van der Waals surface area contributed by atoms with Gasteiger partial charge in [0.25, 0.3) is 0 Å². The van der Waals surface area contributed by atoms with Crippen molar-refractivity contribution in [2.45, 2.75) is 45.5 Å². The molecule has 0 aromatic heterocycles. The molecule has 1 aliphatic rings. The van der Waals surface area contributed by atoms with E-state index in [1.54, 1.807) is 18.2 Å². The number of carbonyl (C=O) groups is 1. The number of amides is 1. The molecular weight excluding hydrogens is 417 g/mol. The van der Waals surface area contributed by atoms with Gasteiger partial charge in [-0.2, -0.15) is 0 Å². The molecule has 0 saturated carbocycles. The number of hydrogen-bond donors (Lipinski definition) is 2. The van der Waals surface area contributed by atoms with Crippen LogP contribution in [0, 0.1) is 0 Å². The number of phenols is 1. The van der Waals surface area contributed by atoms with E-state index in [2.05, 4.69) is 5.32 Å². The van der Waals surface area contributed by atoms with Gasteiger partial charge in [0.2, 0.25) is 0 Å². The predicted octanol–water partition coefficient (Wildman–Crippen LogP) is 4.99. The molecule has 3 rings (SSSR count). The Labute approximate surface area is 188 Å². The second kappa shape index (κ2) is 9.34. The van der Waals surface area contributed by atoms with Gasteiger partial charge in [0.15, 0.2) is 0 Å². The van der Waals surface area contributed by atoms with Gasteiger partial charge < -0.3 is 24.5 Å². The molecular formula is C23H27BClNO5. The van der Waals surface area contributed by atoms with Crippen molar-refractivity contribution in [1.29, 1.82) is 0 Å². The van der Waals surface area contributed by atoms with Crippen LogP contribution in [-0.2, 0) is 20.7 Å². The van der Waals surface area contributed by atoms with E-state index in [-0.39, 0.29) is 18.9 Å². The van der Waals surface area contributed by atoms with Gasteiger partial charge >= 0.3 is 13.2 Å². The molecule has 0 radical (unpaired) electrons. The summed E-state index contributed by atoms with van der Waals surface area (Å²) in [5.74, 6) is 0.0437. The summed E-state index contributed by atoms with van der Waals surface area (Å²) in [5.41, 5.74) is 1.14. The first-order valence-corrected chi connectivity index (χ1v) is 10.4. The summed E-state index contributed by atoms with van der Waals surface area (Å²) >= 11 is 6.07. The molecule has 0 unspecified atom stereocenters. The molecule has 1 heterocycles. The first kappa shape index (κ1) is 23.2. The van der Waals surface area contributed by atoms with Gasteiger partial charge in [-0.25, -0.2) is 4.79 Å². The third-order valence-electron chi connectivity index (χ3n) is 5.46. The Hall–Kier alpha value is -2.48. The third-order valence-corrected chi connectivity index (χ3v) is 5.68. The highest BCUT2D eigenvalue weighted by Gasteiger charge is 2.52. The molecule has 31 heavy (non-hydrogen) atoms. The maximum atomic E-state index is 12.2. The number of alkyl carbamates (subject to hydrolysis) is 1. The minimum absolute atomic E-state index is 0.0437. The van der Waals surface area contributed by atoms with Crippen molar-refractivity contribution < 1.29 is 23.9 Å². The van der Waals surface area contributed by atoms with Crippen LogP contribution in [0.4, 0.5) is 4.79 Å². The SMILES string of the molecule is CC1(C)OB(C(=Cc2cc(O)cc(Cl)c2)CNC(=O)OCc2ccccc2)OC1(C)C. The van der Waals surface area contributed by atoms with E-state index in [0.29, 0.717) is 16.1 Å². The monoisotopic (exact) mass is 443 g/mol. The molecule has 1 saturated heterocycles. The van der Waals surface area contributed by atoms with Crippen molar-refractivity contribution in [1.82, 2.24) is 5.32 Å². The number of halogens is 1. The first-order chi connectivity index (χ1) is 14.6. The fourth-order valence-corrected chi connectivity index (χ4v) is 3.28. The number of benzene rings is 2. The van der Waals surface area contributed by atoms with Gasteiger partial charge in [-0.3, -0.25) is 0 Å². The van der Waals surface area contributed by atoms with E-state index >= 15 is 0 Å². The number of ether oxygens (including phenoxy) is 1. The van der Waals surface area contributed by atoms with Crippen LogP contribution in [0.25, 0.3) is 6.08 Å². The van der Waals surface area contributed by atoms with Crippen molar-refractivity contribution >= 4 is 30.9 Å². The zero-order valence-electron chi connectivity index (χ0n) is 18.1. The molecule has 1 amide bonds. The molecule has 8 heteroatoms. The molecule has 6 nitrogen and oxygen atoms in total. The summed E-state index contributed by atoms with van der Waals surface area (Å²) in [7, 11) is -0.680. The maximum Gasteiger partial charge on any atom is 0.492 e. The van der Waals surface area contributed by atoms with E-state index < -0.39 is 24.4 Å². The highest BCUT2D eigenvalue weighted by Crippen LogP contribution is 2.39. The minimum atomic E-state index is -0.680. The molecule has 2 aromatic rings. The van der Waals surface area contributed by atoms with Gasteiger partial charge in [0, 0.05) is 11.6 Å². The summed E-state index contributed by atoms with van der Waals surface area (Å²) < 4.78 is 17.6. The smallest absolute Gasteiger partial charge is 0.492 e. The fraction of sp³-hybridized carbons (Fsp3) is 0.348. The topological polar surface area (TPSA) is 77.0 Å². The second-order valence-electron chi connectivity index (χ2n) is 8.47. The lowest BCUT2D eigenvalue weighted by Crippen LogP contribution is -2.41. The number of aromatic hydroxyl groups is 1.